The zero-order valence-electron chi connectivity index (χ0n) is 30.1. The fraction of sp³-hybridized carbons (Fsp3) is 0.513. The second-order valence-electron chi connectivity index (χ2n) is 14.2. The van der Waals surface area contributed by atoms with Crippen LogP contribution in [-0.4, -0.2) is 65.5 Å². The Balaban J connectivity index is 1.54. The first-order valence-electron chi connectivity index (χ1n) is 17.9. The Morgan fingerprint density at radius 1 is 1.04 bits per heavy atom. The number of allylic oxidation sites excluding steroid dienone is 4. The number of aliphatic hydroxyl groups is 1. The fourth-order valence-electron chi connectivity index (χ4n) is 8.43. The van der Waals surface area contributed by atoms with Crippen molar-refractivity contribution in [1.29, 1.82) is 0 Å². The van der Waals surface area contributed by atoms with Crippen LogP contribution in [0, 0.1) is 36.5 Å². The highest BCUT2D eigenvalue weighted by atomic mass is 16.5. The summed E-state index contributed by atoms with van der Waals surface area (Å²) in [6, 6.07) is -0.293. The van der Waals surface area contributed by atoms with Crippen molar-refractivity contribution >= 4 is 41.3 Å². The minimum absolute atomic E-state index is 0.0414. The SMILES string of the molecule is CCC1C2=CC3NC4=C(C5=NC(=Cc6[nH]c(c(C(C)=O)c6C)C=C(N2)C1C)C(C)C5CCC(=O)NCCCCO)C(C(=O)OC)C(=O)C4=C3C. The van der Waals surface area contributed by atoms with Crippen molar-refractivity contribution in [2.75, 3.05) is 20.3 Å². The standard InChI is InChI=1S/C39H49N5O6/c1-8-23-18(2)25-17-30-32(22(6)46)20(4)27(42-30)15-26-19(3)24(11-12-31(47)40-13-9-10-14-45)36(43-26)34-35(39(49)50-7)38(48)33-21(5)28(44-37(33)34)16-29(23)41-25/h15-19,23-24,28,35,41-42,44-45H,8-14H2,1-7H3,(H,40,47). The molecule has 1 aliphatic carbocycles. The maximum atomic E-state index is 14.2. The third-order valence-electron chi connectivity index (χ3n) is 11.3. The van der Waals surface area contributed by atoms with Crippen molar-refractivity contribution in [2.45, 2.75) is 79.7 Å². The van der Waals surface area contributed by atoms with Crippen LogP contribution < -0.4 is 16.0 Å². The molecule has 0 spiro atoms. The molecule has 8 bridgehead atoms. The highest BCUT2D eigenvalue weighted by Gasteiger charge is 2.52. The number of ketones is 2. The number of nitrogens with one attached hydrogen (secondary N) is 4. The molecule has 1 aromatic heterocycles. The Kier molecular flexibility index (Phi) is 9.90. The van der Waals surface area contributed by atoms with Gasteiger partial charge in [0, 0.05) is 82.7 Å². The summed E-state index contributed by atoms with van der Waals surface area (Å²) < 4.78 is 5.21. The van der Waals surface area contributed by atoms with Crippen LogP contribution in [0.3, 0.4) is 0 Å². The number of hydrogen-bond acceptors (Lipinski definition) is 9. The first-order chi connectivity index (χ1) is 23.9. The van der Waals surface area contributed by atoms with Gasteiger partial charge in [-0.05, 0) is 75.8 Å². The minimum atomic E-state index is -1.18. The van der Waals surface area contributed by atoms with Gasteiger partial charge in [-0.3, -0.25) is 24.2 Å². The average Bonchev–Trinajstić information content (AvgIpc) is 3.82. The number of nitrogens with zero attached hydrogens (tertiary/aromatic N) is 1. The van der Waals surface area contributed by atoms with Gasteiger partial charge in [0.15, 0.2) is 11.6 Å². The number of ether oxygens (including phenoxy) is 1. The fourth-order valence-corrected chi connectivity index (χ4v) is 8.43. The van der Waals surface area contributed by atoms with Gasteiger partial charge in [-0.1, -0.05) is 20.8 Å². The minimum Gasteiger partial charge on any atom is -0.468 e. The number of Topliss-reactive ketones (excluding diaryl/α,β-unsaturated/α-hetero) is 2. The molecule has 1 fully saturated rings. The maximum Gasteiger partial charge on any atom is 0.321 e. The molecule has 1 aromatic rings. The zero-order chi connectivity index (χ0) is 36.0. The monoisotopic (exact) mass is 683 g/mol. The summed E-state index contributed by atoms with van der Waals surface area (Å²) in [4.78, 5) is 62.4. The number of unbranched alkanes of at least 4 members (excludes halogenated alkanes) is 1. The van der Waals surface area contributed by atoms with Crippen molar-refractivity contribution < 1.29 is 29.0 Å². The van der Waals surface area contributed by atoms with Gasteiger partial charge >= 0.3 is 5.97 Å². The predicted octanol–water partition coefficient (Wildman–Crippen LogP) is 4.66. The lowest BCUT2D eigenvalue weighted by molar-refractivity contribution is -0.146. The molecule has 6 atom stereocenters. The van der Waals surface area contributed by atoms with Crippen molar-refractivity contribution in [3.63, 3.8) is 0 Å². The van der Waals surface area contributed by atoms with E-state index in [9.17, 15) is 19.2 Å². The first-order valence-corrected chi connectivity index (χ1v) is 17.9. The van der Waals surface area contributed by atoms with E-state index in [1.54, 1.807) is 6.92 Å². The van der Waals surface area contributed by atoms with Crippen molar-refractivity contribution in [1.82, 2.24) is 20.9 Å². The third kappa shape index (κ3) is 5.99. The first kappa shape index (κ1) is 35.3. The largest absolute Gasteiger partial charge is 0.468 e. The number of fused-ring (bicyclic) bond motifs is 7. The van der Waals surface area contributed by atoms with E-state index < -0.39 is 11.9 Å². The molecule has 6 rings (SSSR count). The molecule has 0 aromatic carbocycles. The van der Waals surface area contributed by atoms with Gasteiger partial charge in [0.05, 0.1) is 30.3 Å². The van der Waals surface area contributed by atoms with Crippen LogP contribution in [0.5, 0.6) is 0 Å². The molecule has 11 nitrogen and oxygen atoms in total. The number of H-pyrrole nitrogens is 1. The quantitative estimate of drug-likeness (QED) is 0.103. The topological polar surface area (TPSA) is 162 Å². The van der Waals surface area contributed by atoms with Crippen LogP contribution in [0.4, 0.5) is 0 Å². The number of rotatable bonds is 10. The Hall–Kier alpha value is -4.51. The number of aromatic amines is 1. The van der Waals surface area contributed by atoms with E-state index in [-0.39, 0.29) is 60.2 Å². The van der Waals surface area contributed by atoms with Gasteiger partial charge < -0.3 is 30.8 Å². The molecule has 11 heteroatoms. The predicted molar refractivity (Wildman–Crippen MR) is 191 cm³/mol. The van der Waals surface area contributed by atoms with Crippen molar-refractivity contribution in [3.05, 3.63) is 68.1 Å². The molecule has 50 heavy (non-hydrogen) atoms. The van der Waals surface area contributed by atoms with Gasteiger partial charge in [0.1, 0.15) is 5.92 Å². The van der Waals surface area contributed by atoms with Crippen molar-refractivity contribution in [2.24, 2.45) is 34.6 Å². The van der Waals surface area contributed by atoms with Crippen LogP contribution in [0.1, 0.15) is 94.0 Å². The number of carbonyl (C=O) groups excluding carboxylic acids is 4. The summed E-state index contributed by atoms with van der Waals surface area (Å²) in [6.07, 6.45) is 9.00. The van der Waals surface area contributed by atoms with E-state index in [2.05, 4.69) is 47.8 Å². The second kappa shape index (κ2) is 14.0. The highest BCUT2D eigenvalue weighted by molar-refractivity contribution is 6.26. The maximum absolute atomic E-state index is 14.2. The number of aliphatic imine (C=N–C) groups is 1. The molecule has 4 aliphatic heterocycles. The van der Waals surface area contributed by atoms with Crippen LogP contribution >= 0.6 is 0 Å². The lowest BCUT2D eigenvalue weighted by atomic mass is 9.81. The van der Waals surface area contributed by atoms with Gasteiger partial charge in [0.2, 0.25) is 5.91 Å². The Morgan fingerprint density at radius 3 is 2.48 bits per heavy atom. The van der Waals surface area contributed by atoms with Crippen LogP contribution in [0.15, 0.2) is 50.6 Å². The summed E-state index contributed by atoms with van der Waals surface area (Å²) in [7, 11) is 1.29. The van der Waals surface area contributed by atoms with Gasteiger partial charge in [-0.25, -0.2) is 0 Å². The number of esters is 1. The van der Waals surface area contributed by atoms with E-state index in [1.807, 2.05) is 26.0 Å². The Morgan fingerprint density at radius 2 is 1.80 bits per heavy atom. The highest BCUT2D eigenvalue weighted by Crippen LogP contribution is 2.47. The lowest BCUT2D eigenvalue weighted by Crippen LogP contribution is -2.33. The molecule has 6 unspecified atom stereocenters. The summed E-state index contributed by atoms with van der Waals surface area (Å²) in [6.45, 7) is 12.4. The molecule has 5 aliphatic rings. The number of aliphatic hydroxyl groups excluding tert-OH is 1. The molecule has 0 radical (unpaired) electrons. The summed E-state index contributed by atoms with van der Waals surface area (Å²) in [5.41, 5.74) is 8.77. The van der Waals surface area contributed by atoms with Gasteiger partial charge in [-0.2, -0.15) is 0 Å². The van der Waals surface area contributed by atoms with E-state index in [4.69, 9.17) is 14.8 Å². The van der Waals surface area contributed by atoms with Gasteiger partial charge in [-0.15, -0.1) is 0 Å². The zero-order valence-corrected chi connectivity index (χ0v) is 30.1. The summed E-state index contributed by atoms with van der Waals surface area (Å²) >= 11 is 0. The molecule has 1 saturated heterocycles. The number of methoxy groups -OCH3 is 1. The molecule has 0 saturated carbocycles. The number of hydrogen-bond donors (Lipinski definition) is 5. The Bertz CT molecular complexity index is 1840. The normalized spacial score (nSPS) is 26.7. The van der Waals surface area contributed by atoms with Crippen LogP contribution in [0.2, 0.25) is 0 Å². The summed E-state index contributed by atoms with van der Waals surface area (Å²) in [5.74, 6) is -2.37. The van der Waals surface area contributed by atoms with Gasteiger partial charge in [0.25, 0.3) is 0 Å². The van der Waals surface area contributed by atoms with E-state index in [0.29, 0.717) is 53.9 Å². The average molecular weight is 684 g/mol. The molecule has 5 N–H and O–H groups in total. The van der Waals surface area contributed by atoms with E-state index in [0.717, 1.165) is 46.0 Å². The molecule has 1 amide bonds. The van der Waals surface area contributed by atoms with Crippen LogP contribution in [-0.2, 0) is 19.1 Å². The summed E-state index contributed by atoms with van der Waals surface area (Å²) in [5, 5.41) is 19.3. The van der Waals surface area contributed by atoms with E-state index in [1.165, 1.54) is 7.11 Å². The molecule has 266 valence electrons. The smallest absolute Gasteiger partial charge is 0.321 e. The number of aromatic nitrogens is 1. The second-order valence-corrected chi connectivity index (χ2v) is 14.2. The molecular weight excluding hydrogens is 634 g/mol. The molecule has 5 heterocycles. The lowest BCUT2D eigenvalue weighted by Gasteiger charge is -2.22. The number of amides is 1. The van der Waals surface area contributed by atoms with E-state index >= 15 is 0 Å². The van der Waals surface area contributed by atoms with Crippen molar-refractivity contribution in [3.8, 4) is 0 Å². The number of carbonyl (C=O) groups is 4. The third-order valence-corrected chi connectivity index (χ3v) is 11.3. The Labute approximate surface area is 293 Å². The molecular formula is C39H49N5O6. The van der Waals surface area contributed by atoms with Crippen LogP contribution in [0.25, 0.3) is 12.2 Å².